The van der Waals surface area contributed by atoms with Crippen LogP contribution >= 0.6 is 11.6 Å². The summed E-state index contributed by atoms with van der Waals surface area (Å²) in [6, 6.07) is 39.1. The molecule has 3 N–H and O–H groups in total. The number of piperidine rings is 2. The second-order valence-electron chi connectivity index (χ2n) is 14.7. The average Bonchev–Trinajstić information content (AvgIpc) is 3.29. The van der Waals surface area contributed by atoms with Gasteiger partial charge in [-0.25, -0.2) is 19.9 Å². The van der Waals surface area contributed by atoms with E-state index in [2.05, 4.69) is 76.5 Å². The molecule has 2 fully saturated rings. The molecule has 61 heavy (non-hydrogen) atoms. The molecule has 0 saturated carbocycles. The van der Waals surface area contributed by atoms with Gasteiger partial charge in [0.1, 0.15) is 11.8 Å². The van der Waals surface area contributed by atoms with Gasteiger partial charge in [-0.3, -0.25) is 14.4 Å². The van der Waals surface area contributed by atoms with Gasteiger partial charge in [-0.15, -0.1) is 0 Å². The van der Waals surface area contributed by atoms with E-state index in [0.29, 0.717) is 61.1 Å². The highest BCUT2D eigenvalue weighted by molar-refractivity contribution is 6.28. The van der Waals surface area contributed by atoms with E-state index in [1.807, 2.05) is 60.7 Å². The fourth-order valence-corrected chi connectivity index (χ4v) is 7.32. The Bertz CT molecular complexity index is 2290. The van der Waals surface area contributed by atoms with E-state index < -0.39 is 30.2 Å². The lowest BCUT2D eigenvalue weighted by Crippen LogP contribution is -2.46. The number of hydrogen-bond acceptors (Lipinski definition) is 12. The zero-order valence-electron chi connectivity index (χ0n) is 34.8. The standard InChI is InChI=1S/C23H23N5O.C12H17NO.C11H7ClN4.CH3F/c24-17-19(20-8-4-5-12-25-20)21-9-13-26-22(27-21)28-14-10-23(29,11-15-28)16-18-6-2-1-3-7-18;14-12(6-8-13-9-7-12)10-11-4-2-1-3-5-11;12-11-15-6-4-10(16-11)8(7-13)9-3-1-2-5-14-9;1-2/h1-9,12-13,19,29H,10-11,14-16H2;1-5,13-14H,6-10H2;1-6,8H;1H3/i;;;1D. The van der Waals surface area contributed by atoms with E-state index in [4.69, 9.17) is 18.2 Å². The predicted molar refractivity (Wildman–Crippen MR) is 233 cm³/mol. The fraction of sp³-hybridized carbons (Fsp3) is 0.319. The number of anilines is 1. The van der Waals surface area contributed by atoms with Crippen molar-refractivity contribution in [2.45, 2.75) is 61.6 Å². The summed E-state index contributed by atoms with van der Waals surface area (Å²) in [6.45, 7) is 3.22. The number of alkyl halides is 1. The van der Waals surface area contributed by atoms with Crippen LogP contribution in [0.2, 0.25) is 5.28 Å². The van der Waals surface area contributed by atoms with Gasteiger partial charge in [0.15, 0.2) is 0 Å². The maximum absolute atomic E-state index is 11.0. The summed E-state index contributed by atoms with van der Waals surface area (Å²) in [4.78, 5) is 27.3. The van der Waals surface area contributed by atoms with Crippen LogP contribution in [0.1, 0.15) is 72.8 Å². The first kappa shape index (κ1) is 44.3. The molecule has 0 bridgehead atoms. The molecule has 6 heterocycles. The van der Waals surface area contributed by atoms with Crippen LogP contribution in [0.25, 0.3) is 0 Å². The van der Waals surface area contributed by atoms with E-state index in [1.54, 1.807) is 42.9 Å². The van der Waals surface area contributed by atoms with E-state index in [9.17, 15) is 19.9 Å². The lowest BCUT2D eigenvalue weighted by molar-refractivity contribution is 0.0108. The van der Waals surface area contributed by atoms with Crippen LogP contribution in [0.15, 0.2) is 134 Å². The third kappa shape index (κ3) is 13.9. The number of aromatic nitrogens is 6. The molecule has 12 nitrogen and oxygen atoms in total. The molecule has 4 aromatic heterocycles. The molecular formula is C47H50ClFN10O2. The van der Waals surface area contributed by atoms with Crippen molar-refractivity contribution in [3.05, 3.63) is 173 Å². The highest BCUT2D eigenvalue weighted by Gasteiger charge is 2.34. The second-order valence-corrected chi connectivity index (χ2v) is 15.0. The summed E-state index contributed by atoms with van der Waals surface area (Å²) >= 11 is 5.68. The third-order valence-corrected chi connectivity index (χ3v) is 10.6. The summed E-state index contributed by atoms with van der Waals surface area (Å²) in [7, 11) is -1.00. The van der Waals surface area contributed by atoms with Crippen molar-refractivity contribution in [3.8, 4) is 12.1 Å². The maximum atomic E-state index is 11.0. The molecule has 2 aliphatic heterocycles. The van der Waals surface area contributed by atoms with Gasteiger partial charge in [0.05, 0.1) is 54.6 Å². The quantitative estimate of drug-likeness (QED) is 0.125. The van der Waals surface area contributed by atoms with Gasteiger partial charge in [0.25, 0.3) is 0 Å². The largest absolute Gasteiger partial charge is 0.389 e. The van der Waals surface area contributed by atoms with Crippen LogP contribution < -0.4 is 10.2 Å². The van der Waals surface area contributed by atoms with E-state index in [1.165, 1.54) is 11.8 Å². The van der Waals surface area contributed by atoms with Crippen molar-refractivity contribution in [1.82, 2.24) is 35.2 Å². The number of rotatable bonds is 9. The van der Waals surface area contributed by atoms with Gasteiger partial charge in [0, 0.05) is 50.7 Å². The van der Waals surface area contributed by atoms with Gasteiger partial charge in [-0.1, -0.05) is 72.8 Å². The number of hydrogen-bond donors (Lipinski definition) is 3. The van der Waals surface area contributed by atoms with Crippen molar-refractivity contribution >= 4 is 17.5 Å². The molecule has 314 valence electrons. The minimum atomic E-state index is -1.00. The molecular weight excluding hydrogens is 791 g/mol. The summed E-state index contributed by atoms with van der Waals surface area (Å²) in [5, 5.41) is 43.5. The number of pyridine rings is 2. The van der Waals surface area contributed by atoms with Crippen LogP contribution in [0.4, 0.5) is 10.3 Å². The Hall–Kier alpha value is -6.22. The zero-order valence-corrected chi connectivity index (χ0v) is 34.6. The Kier molecular flexibility index (Phi) is 17.1. The Morgan fingerprint density at radius 2 is 1.11 bits per heavy atom. The molecule has 8 rings (SSSR count). The molecule has 2 aromatic carbocycles. The molecule has 0 amide bonds. The summed E-state index contributed by atoms with van der Waals surface area (Å²) in [5.41, 5.74) is 3.72. The van der Waals surface area contributed by atoms with Crippen LogP contribution in [0.5, 0.6) is 0 Å². The minimum Gasteiger partial charge on any atom is -0.389 e. The van der Waals surface area contributed by atoms with Crippen LogP contribution in [-0.2, 0) is 12.8 Å². The van der Waals surface area contributed by atoms with Crippen molar-refractivity contribution in [2.75, 3.05) is 38.2 Å². The van der Waals surface area contributed by atoms with Gasteiger partial charge >= 0.3 is 0 Å². The predicted octanol–water partition coefficient (Wildman–Crippen LogP) is 7.21. The van der Waals surface area contributed by atoms with E-state index in [0.717, 1.165) is 37.9 Å². The third-order valence-electron chi connectivity index (χ3n) is 10.4. The van der Waals surface area contributed by atoms with Gasteiger partial charge < -0.3 is 20.4 Å². The van der Waals surface area contributed by atoms with Crippen molar-refractivity contribution < 1.29 is 16.0 Å². The molecule has 0 radical (unpaired) electrons. The smallest absolute Gasteiger partial charge is 0.225 e. The van der Waals surface area contributed by atoms with Crippen LogP contribution in [0, 0.1) is 22.7 Å². The van der Waals surface area contributed by atoms with Gasteiger partial charge in [-0.2, -0.15) is 10.5 Å². The number of nitrogens with zero attached hydrogens (tertiary/aromatic N) is 9. The summed E-state index contributed by atoms with van der Waals surface area (Å²) in [6.07, 6.45) is 11.0. The van der Waals surface area contributed by atoms with Gasteiger partial charge in [-0.05, 0) is 97.9 Å². The zero-order chi connectivity index (χ0) is 44.0. The first-order valence-corrected chi connectivity index (χ1v) is 20.3. The molecule has 2 aliphatic rings. The molecule has 0 spiro atoms. The first-order valence-electron chi connectivity index (χ1n) is 20.6. The summed E-state index contributed by atoms with van der Waals surface area (Å²) in [5.74, 6) is -0.445. The van der Waals surface area contributed by atoms with Crippen LogP contribution in [-0.4, -0.2) is 84.7 Å². The summed E-state index contributed by atoms with van der Waals surface area (Å²) < 4.78 is 15.5. The van der Waals surface area contributed by atoms with E-state index in [-0.39, 0.29) is 5.28 Å². The topological polar surface area (TPSA) is 181 Å². The highest BCUT2D eigenvalue weighted by Crippen LogP contribution is 2.29. The van der Waals surface area contributed by atoms with Crippen molar-refractivity contribution in [3.63, 3.8) is 0 Å². The van der Waals surface area contributed by atoms with Crippen LogP contribution in [0.3, 0.4) is 0 Å². The molecule has 0 aliphatic carbocycles. The number of halogens is 2. The number of aliphatic hydroxyl groups is 2. The number of nitrogens with one attached hydrogen (secondary N) is 1. The lowest BCUT2D eigenvalue weighted by atomic mass is 9.85. The SMILES string of the molecule is N#CC(c1ccccn1)c1ccnc(Cl)n1.N#CC(c1ccccn1)c1ccnc(N2CCC(O)(Cc3ccccc3)CC2)n1.OC1(Cc2ccccc2)CCNCC1.[2H]CF. The molecule has 6 aromatic rings. The van der Waals surface area contributed by atoms with Crippen molar-refractivity contribution in [1.29, 1.82) is 10.5 Å². The van der Waals surface area contributed by atoms with Gasteiger partial charge in [0.2, 0.25) is 11.2 Å². The number of benzene rings is 2. The molecule has 14 heteroatoms. The van der Waals surface area contributed by atoms with E-state index >= 15 is 0 Å². The van der Waals surface area contributed by atoms with Crippen molar-refractivity contribution in [2.24, 2.45) is 0 Å². The number of nitriles is 2. The molecule has 2 unspecified atom stereocenters. The fourth-order valence-electron chi connectivity index (χ4n) is 7.16. The normalized spacial score (nSPS) is 16.1. The Morgan fingerprint density at radius 1 is 0.656 bits per heavy atom. The Morgan fingerprint density at radius 3 is 1.57 bits per heavy atom. The molecule has 2 saturated heterocycles. The highest BCUT2D eigenvalue weighted by atomic mass is 35.5. The Balaban J connectivity index is 0.000000185. The average molecular weight is 842 g/mol. The second kappa shape index (κ2) is 23.5. The first-order chi connectivity index (χ1) is 30.2. The maximum Gasteiger partial charge on any atom is 0.225 e. The minimum absolute atomic E-state index is 0.133. The molecule has 2 atom stereocenters. The Labute approximate surface area is 363 Å². The monoisotopic (exact) mass is 841 g/mol. The lowest BCUT2D eigenvalue weighted by Gasteiger charge is -2.38.